The Balaban J connectivity index is 3.98. The number of carbonyl (C=O) groups is 2. The molecule has 0 rings (SSSR count). The van der Waals surface area contributed by atoms with Crippen molar-refractivity contribution in [1.82, 2.24) is 10.2 Å². The fourth-order valence-corrected chi connectivity index (χ4v) is 3.26. The number of carbonyl (C=O) groups excluding carboxylic acids is 2. The van der Waals surface area contributed by atoms with Gasteiger partial charge in [-0.1, -0.05) is 43.7 Å². The van der Waals surface area contributed by atoms with E-state index in [4.69, 9.17) is 5.73 Å². The van der Waals surface area contributed by atoms with E-state index < -0.39 is 0 Å². The highest BCUT2D eigenvalue weighted by Crippen LogP contribution is 2.09. The second-order valence-electron chi connectivity index (χ2n) is 7.52. The van der Waals surface area contributed by atoms with E-state index in [-0.39, 0.29) is 6.02 Å². The van der Waals surface area contributed by atoms with Gasteiger partial charge in [0.15, 0.2) is 0 Å². The standard InChI is InChI=1S/C22H43N5O3/c1-24-30-22(23)26-21-25-15-14-18-27(16-10-6-2-4-8-12-19-28)17-11-7-3-5-9-13-20-29/h19-20,25H,1-18,21H2,(H2,23,26). The zero-order chi connectivity index (χ0) is 22.1. The van der Waals surface area contributed by atoms with Gasteiger partial charge in [0, 0.05) is 19.6 Å². The van der Waals surface area contributed by atoms with Crippen LogP contribution in [0.1, 0.15) is 83.5 Å². The van der Waals surface area contributed by atoms with Gasteiger partial charge >= 0.3 is 6.02 Å². The number of unbranched alkanes of at least 4 members (excludes halogenated alkanes) is 10. The average Bonchev–Trinajstić information content (AvgIpc) is 2.74. The van der Waals surface area contributed by atoms with Crippen LogP contribution in [0.5, 0.6) is 0 Å². The lowest BCUT2D eigenvalue weighted by Gasteiger charge is -2.22. The van der Waals surface area contributed by atoms with Gasteiger partial charge in [-0.3, -0.25) is 5.32 Å². The molecule has 0 fully saturated rings. The van der Waals surface area contributed by atoms with Crippen LogP contribution in [0.3, 0.4) is 0 Å². The second kappa shape index (κ2) is 23.5. The Kier molecular flexibility index (Phi) is 22.1. The molecule has 0 amide bonds. The molecule has 3 N–H and O–H groups in total. The molecule has 174 valence electrons. The molecule has 30 heavy (non-hydrogen) atoms. The van der Waals surface area contributed by atoms with Crippen molar-refractivity contribution in [2.24, 2.45) is 15.9 Å². The first-order valence-electron chi connectivity index (χ1n) is 11.5. The molecule has 0 heterocycles. The van der Waals surface area contributed by atoms with Crippen molar-refractivity contribution in [2.75, 3.05) is 32.8 Å². The molecule has 0 aromatic rings. The van der Waals surface area contributed by atoms with Crippen LogP contribution in [0.25, 0.3) is 0 Å². The number of hydrogen-bond acceptors (Lipinski definition) is 7. The first-order valence-corrected chi connectivity index (χ1v) is 11.5. The number of nitrogens with two attached hydrogens (primary N) is 1. The Labute approximate surface area is 182 Å². The van der Waals surface area contributed by atoms with Crippen LogP contribution in [0.15, 0.2) is 10.1 Å². The number of aliphatic imine (C=N–C) groups is 1. The van der Waals surface area contributed by atoms with Crippen molar-refractivity contribution in [3.05, 3.63) is 0 Å². The van der Waals surface area contributed by atoms with Crippen molar-refractivity contribution in [2.45, 2.75) is 83.5 Å². The van der Waals surface area contributed by atoms with Gasteiger partial charge in [0.1, 0.15) is 12.6 Å². The van der Waals surface area contributed by atoms with Crippen molar-refractivity contribution in [3.8, 4) is 0 Å². The highest BCUT2D eigenvalue weighted by Gasteiger charge is 2.05. The molecular weight excluding hydrogens is 382 g/mol. The molecule has 0 aromatic carbocycles. The number of rotatable bonds is 23. The molecule has 0 bridgehead atoms. The molecule has 8 heteroatoms. The summed E-state index contributed by atoms with van der Waals surface area (Å²) in [5.41, 5.74) is 5.47. The largest absolute Gasteiger partial charge is 0.352 e. The molecule has 0 saturated heterocycles. The number of nitrogens with one attached hydrogen (secondary N) is 1. The number of hydrogen-bond donors (Lipinski definition) is 2. The highest BCUT2D eigenvalue weighted by molar-refractivity contribution is 5.71. The summed E-state index contributed by atoms with van der Waals surface area (Å²) in [7, 11) is 0. The number of aldehydes is 2. The molecule has 0 aromatic heterocycles. The molecular formula is C22H43N5O3. The maximum Gasteiger partial charge on any atom is 0.313 e. The van der Waals surface area contributed by atoms with Gasteiger partial charge in [0.25, 0.3) is 0 Å². The molecule has 0 radical (unpaired) electrons. The van der Waals surface area contributed by atoms with Crippen molar-refractivity contribution >= 4 is 25.3 Å². The van der Waals surface area contributed by atoms with Crippen molar-refractivity contribution in [1.29, 1.82) is 0 Å². The van der Waals surface area contributed by atoms with E-state index in [9.17, 15) is 9.59 Å². The van der Waals surface area contributed by atoms with Gasteiger partial charge in [-0.2, -0.15) is 0 Å². The molecule has 8 nitrogen and oxygen atoms in total. The smallest absolute Gasteiger partial charge is 0.313 e. The Morgan fingerprint density at radius 3 is 1.87 bits per heavy atom. The Morgan fingerprint density at radius 1 is 0.833 bits per heavy atom. The van der Waals surface area contributed by atoms with Crippen LogP contribution in [0.2, 0.25) is 0 Å². The maximum absolute atomic E-state index is 10.4. The molecule has 0 unspecified atom stereocenters. The van der Waals surface area contributed by atoms with Crippen LogP contribution in [-0.4, -0.2) is 63.1 Å². The van der Waals surface area contributed by atoms with E-state index in [2.05, 4.69) is 31.9 Å². The summed E-state index contributed by atoms with van der Waals surface area (Å²) in [6.07, 6.45) is 16.1. The second-order valence-corrected chi connectivity index (χ2v) is 7.52. The Morgan fingerprint density at radius 2 is 1.33 bits per heavy atom. The molecule has 0 saturated carbocycles. The molecule has 0 spiro atoms. The van der Waals surface area contributed by atoms with Gasteiger partial charge in [-0.05, 0) is 58.3 Å². The van der Waals surface area contributed by atoms with E-state index in [0.717, 1.165) is 70.9 Å². The summed E-state index contributed by atoms with van der Waals surface area (Å²) in [4.78, 5) is 31.9. The maximum atomic E-state index is 10.4. The van der Waals surface area contributed by atoms with Crippen LogP contribution < -0.4 is 11.1 Å². The third-order valence-electron chi connectivity index (χ3n) is 4.93. The number of nitrogens with zero attached hydrogens (tertiary/aromatic N) is 3. The SMILES string of the molecule is C=NO/C(N)=N\CNCCCN(CCCCCCCC=O)CCCCCCCC=O. The van der Waals surface area contributed by atoms with E-state index in [1.54, 1.807) is 0 Å². The zero-order valence-electron chi connectivity index (χ0n) is 18.7. The van der Waals surface area contributed by atoms with Gasteiger partial charge < -0.3 is 25.1 Å². The van der Waals surface area contributed by atoms with E-state index in [0.29, 0.717) is 19.5 Å². The van der Waals surface area contributed by atoms with Crippen LogP contribution in [0.4, 0.5) is 0 Å². The normalized spacial score (nSPS) is 11.6. The first kappa shape index (κ1) is 28.2. The lowest BCUT2D eigenvalue weighted by atomic mass is 10.1. The lowest BCUT2D eigenvalue weighted by Crippen LogP contribution is -2.30. The minimum absolute atomic E-state index is 0.0143. The zero-order valence-corrected chi connectivity index (χ0v) is 18.7. The summed E-state index contributed by atoms with van der Waals surface area (Å²) in [5.74, 6) is 0. The van der Waals surface area contributed by atoms with E-state index in [1.165, 1.54) is 38.5 Å². The summed E-state index contributed by atoms with van der Waals surface area (Å²) in [6, 6.07) is 0.0143. The molecule has 0 aliphatic heterocycles. The topological polar surface area (TPSA) is 109 Å². The van der Waals surface area contributed by atoms with Crippen LogP contribution in [0, 0.1) is 0 Å². The summed E-state index contributed by atoms with van der Waals surface area (Å²) in [6.45, 7) is 7.78. The highest BCUT2D eigenvalue weighted by atomic mass is 16.6. The van der Waals surface area contributed by atoms with E-state index in [1.807, 2.05) is 0 Å². The van der Waals surface area contributed by atoms with Crippen LogP contribution >= 0.6 is 0 Å². The summed E-state index contributed by atoms with van der Waals surface area (Å²) in [5, 5.41) is 6.44. The van der Waals surface area contributed by atoms with E-state index >= 15 is 0 Å². The Hall–Kier alpha value is -1.80. The van der Waals surface area contributed by atoms with Crippen LogP contribution in [-0.2, 0) is 14.4 Å². The third kappa shape index (κ3) is 20.9. The lowest BCUT2D eigenvalue weighted by molar-refractivity contribution is -0.108. The monoisotopic (exact) mass is 425 g/mol. The minimum Gasteiger partial charge on any atom is -0.352 e. The van der Waals surface area contributed by atoms with Gasteiger partial charge in [0.05, 0.1) is 6.67 Å². The minimum atomic E-state index is 0.0143. The van der Waals surface area contributed by atoms with Crippen molar-refractivity contribution in [3.63, 3.8) is 0 Å². The molecule has 0 atom stereocenters. The third-order valence-corrected chi connectivity index (χ3v) is 4.93. The summed E-state index contributed by atoms with van der Waals surface area (Å²) >= 11 is 0. The van der Waals surface area contributed by atoms with Gasteiger partial charge in [-0.25, -0.2) is 4.99 Å². The fourth-order valence-electron chi connectivity index (χ4n) is 3.26. The van der Waals surface area contributed by atoms with Gasteiger partial charge in [0.2, 0.25) is 0 Å². The summed E-state index contributed by atoms with van der Waals surface area (Å²) < 4.78 is 0. The molecule has 0 aliphatic rings. The Bertz CT molecular complexity index is 424. The number of oxime groups is 1. The molecule has 0 aliphatic carbocycles. The fraction of sp³-hybridized carbons (Fsp3) is 0.818. The predicted octanol–water partition coefficient (Wildman–Crippen LogP) is 3.25. The van der Waals surface area contributed by atoms with Gasteiger partial charge in [-0.15, -0.1) is 0 Å². The average molecular weight is 426 g/mol. The van der Waals surface area contributed by atoms with Crippen molar-refractivity contribution < 1.29 is 14.4 Å². The first-order chi connectivity index (χ1) is 14.7. The quantitative estimate of drug-likeness (QED) is 0.0855. The number of amidine groups is 1. The predicted molar refractivity (Wildman–Crippen MR) is 124 cm³/mol.